The van der Waals surface area contributed by atoms with Crippen LogP contribution in [0.5, 0.6) is 0 Å². The van der Waals surface area contributed by atoms with Crippen molar-refractivity contribution in [3.63, 3.8) is 0 Å². The first kappa shape index (κ1) is 17.4. The Morgan fingerprint density at radius 2 is 2.20 bits per heavy atom. The molecule has 1 aliphatic carbocycles. The van der Waals surface area contributed by atoms with Crippen LogP contribution in [0, 0.1) is 11.7 Å². The molecule has 0 aromatic heterocycles. The van der Waals surface area contributed by atoms with Gasteiger partial charge in [0.2, 0.25) is 5.91 Å². The van der Waals surface area contributed by atoms with Gasteiger partial charge in [-0.25, -0.2) is 4.39 Å². The number of benzene rings is 1. The van der Waals surface area contributed by atoms with E-state index in [4.69, 9.17) is 5.73 Å². The van der Waals surface area contributed by atoms with E-state index in [1.165, 1.54) is 12.1 Å². The monoisotopic (exact) mass is 364 g/mol. The topological polar surface area (TPSA) is 55.1 Å². The molecular formula is C14H19BrClFN2O. The van der Waals surface area contributed by atoms with E-state index in [0.29, 0.717) is 23.4 Å². The summed E-state index contributed by atoms with van der Waals surface area (Å²) in [7, 11) is 0. The third kappa shape index (κ3) is 4.72. The lowest BCUT2D eigenvalue weighted by Gasteiger charge is -2.15. The molecule has 0 aliphatic heterocycles. The smallest absolute Gasteiger partial charge is 0.220 e. The summed E-state index contributed by atoms with van der Waals surface area (Å²) in [5.74, 6) is 0.0223. The second kappa shape index (κ2) is 7.96. The van der Waals surface area contributed by atoms with Crippen molar-refractivity contribution < 1.29 is 9.18 Å². The zero-order chi connectivity index (χ0) is 13.8. The second-order valence-electron chi connectivity index (χ2n) is 5.07. The molecule has 112 valence electrons. The molecule has 3 N–H and O–H groups in total. The van der Waals surface area contributed by atoms with Crippen LogP contribution < -0.4 is 11.1 Å². The Kier molecular flexibility index (Phi) is 6.92. The number of carbonyl (C=O) groups is 1. The quantitative estimate of drug-likeness (QED) is 0.861. The van der Waals surface area contributed by atoms with Crippen LogP contribution in [0.4, 0.5) is 4.39 Å². The van der Waals surface area contributed by atoms with E-state index in [2.05, 4.69) is 21.2 Å². The first-order valence-corrected chi connectivity index (χ1v) is 7.32. The van der Waals surface area contributed by atoms with Crippen molar-refractivity contribution in [1.82, 2.24) is 5.32 Å². The molecule has 1 aromatic rings. The number of hydrogen-bond donors (Lipinski definition) is 2. The first-order valence-electron chi connectivity index (χ1n) is 6.52. The second-order valence-corrected chi connectivity index (χ2v) is 5.93. The summed E-state index contributed by atoms with van der Waals surface area (Å²) in [5, 5.41) is 2.86. The SMILES string of the molecule is Cl.N[C@@H]1CCC[C@H]1CC(=O)NCc1ccc(F)cc1Br. The Labute approximate surface area is 133 Å². The van der Waals surface area contributed by atoms with Gasteiger partial charge in [-0.2, -0.15) is 0 Å². The Balaban J connectivity index is 0.00000200. The third-order valence-corrected chi connectivity index (χ3v) is 4.39. The Morgan fingerprint density at radius 1 is 1.45 bits per heavy atom. The summed E-state index contributed by atoms with van der Waals surface area (Å²) in [6, 6.07) is 4.61. The van der Waals surface area contributed by atoms with E-state index >= 15 is 0 Å². The van der Waals surface area contributed by atoms with Crippen LogP contribution in [0.1, 0.15) is 31.2 Å². The van der Waals surface area contributed by atoms with E-state index in [9.17, 15) is 9.18 Å². The summed E-state index contributed by atoms with van der Waals surface area (Å²) < 4.78 is 13.6. The zero-order valence-electron chi connectivity index (χ0n) is 11.1. The molecule has 20 heavy (non-hydrogen) atoms. The van der Waals surface area contributed by atoms with Crippen molar-refractivity contribution >= 4 is 34.2 Å². The van der Waals surface area contributed by atoms with Gasteiger partial charge >= 0.3 is 0 Å². The molecule has 0 bridgehead atoms. The van der Waals surface area contributed by atoms with Gasteiger partial charge in [0.05, 0.1) is 0 Å². The molecule has 0 heterocycles. The molecule has 1 aromatic carbocycles. The molecule has 1 fully saturated rings. The number of hydrogen-bond acceptors (Lipinski definition) is 2. The van der Waals surface area contributed by atoms with Crippen LogP contribution in [-0.4, -0.2) is 11.9 Å². The normalized spacial score (nSPS) is 21.4. The number of amides is 1. The van der Waals surface area contributed by atoms with Crippen LogP contribution in [-0.2, 0) is 11.3 Å². The minimum Gasteiger partial charge on any atom is -0.352 e. The van der Waals surface area contributed by atoms with Gasteiger partial charge in [0.25, 0.3) is 0 Å². The van der Waals surface area contributed by atoms with Crippen molar-refractivity contribution in [2.24, 2.45) is 11.7 Å². The van der Waals surface area contributed by atoms with Crippen molar-refractivity contribution in [2.45, 2.75) is 38.3 Å². The molecule has 1 saturated carbocycles. The summed E-state index contributed by atoms with van der Waals surface area (Å²) >= 11 is 3.28. The highest BCUT2D eigenvalue weighted by Crippen LogP contribution is 2.26. The third-order valence-electron chi connectivity index (χ3n) is 3.66. The molecule has 2 rings (SSSR count). The number of rotatable bonds is 4. The molecule has 2 atom stereocenters. The van der Waals surface area contributed by atoms with Crippen LogP contribution in [0.2, 0.25) is 0 Å². The zero-order valence-corrected chi connectivity index (χ0v) is 13.5. The van der Waals surface area contributed by atoms with Crippen LogP contribution in [0.15, 0.2) is 22.7 Å². The largest absolute Gasteiger partial charge is 0.352 e. The van der Waals surface area contributed by atoms with Crippen molar-refractivity contribution in [2.75, 3.05) is 0 Å². The summed E-state index contributed by atoms with van der Waals surface area (Å²) in [6.45, 7) is 0.404. The van der Waals surface area contributed by atoms with Gasteiger partial charge in [-0.1, -0.05) is 28.4 Å². The number of halogens is 3. The van der Waals surface area contributed by atoms with Gasteiger partial charge in [-0.3, -0.25) is 4.79 Å². The molecular weight excluding hydrogens is 347 g/mol. The number of nitrogens with one attached hydrogen (secondary N) is 1. The van der Waals surface area contributed by atoms with Gasteiger partial charge in [-0.15, -0.1) is 12.4 Å². The minimum atomic E-state index is -0.293. The van der Waals surface area contributed by atoms with E-state index in [0.717, 1.165) is 24.8 Å². The maximum absolute atomic E-state index is 12.9. The van der Waals surface area contributed by atoms with Gasteiger partial charge in [0.15, 0.2) is 0 Å². The molecule has 0 saturated heterocycles. The maximum Gasteiger partial charge on any atom is 0.220 e. The van der Waals surface area contributed by atoms with Crippen molar-refractivity contribution in [3.8, 4) is 0 Å². The highest BCUT2D eigenvalue weighted by atomic mass is 79.9. The minimum absolute atomic E-state index is 0. The molecule has 0 radical (unpaired) electrons. The fourth-order valence-corrected chi connectivity index (χ4v) is 2.98. The van der Waals surface area contributed by atoms with Crippen LogP contribution >= 0.6 is 28.3 Å². The summed E-state index contributed by atoms with van der Waals surface area (Å²) in [4.78, 5) is 11.8. The van der Waals surface area contributed by atoms with Gasteiger partial charge < -0.3 is 11.1 Å². The van der Waals surface area contributed by atoms with Crippen LogP contribution in [0.25, 0.3) is 0 Å². The predicted molar refractivity (Wildman–Crippen MR) is 83.1 cm³/mol. The maximum atomic E-state index is 12.9. The van der Waals surface area contributed by atoms with Crippen LogP contribution in [0.3, 0.4) is 0 Å². The standard InChI is InChI=1S/C14H18BrFN2O.ClH/c15-12-7-11(16)5-4-10(12)8-18-14(19)6-9-2-1-3-13(9)17;/h4-5,7,9,13H,1-3,6,8,17H2,(H,18,19);1H/t9-,13+;/m0./s1. The van der Waals surface area contributed by atoms with Gasteiger partial charge in [0, 0.05) is 23.5 Å². The lowest BCUT2D eigenvalue weighted by molar-refractivity contribution is -0.122. The highest BCUT2D eigenvalue weighted by molar-refractivity contribution is 9.10. The molecule has 0 spiro atoms. The molecule has 1 aliphatic rings. The van der Waals surface area contributed by atoms with Crippen molar-refractivity contribution in [3.05, 3.63) is 34.1 Å². The Morgan fingerprint density at radius 3 is 2.80 bits per heavy atom. The Bertz CT molecular complexity index is 472. The molecule has 6 heteroatoms. The Hall–Kier alpha value is -0.650. The lowest BCUT2D eigenvalue weighted by Crippen LogP contribution is -2.31. The predicted octanol–water partition coefficient (Wildman–Crippen LogP) is 3.14. The number of carbonyl (C=O) groups excluding carboxylic acids is 1. The average Bonchev–Trinajstić information content (AvgIpc) is 2.74. The van der Waals surface area contributed by atoms with Gasteiger partial charge in [0.1, 0.15) is 5.82 Å². The lowest BCUT2D eigenvalue weighted by atomic mass is 10.00. The fourth-order valence-electron chi connectivity index (χ4n) is 2.49. The van der Waals surface area contributed by atoms with E-state index in [-0.39, 0.29) is 30.2 Å². The summed E-state index contributed by atoms with van der Waals surface area (Å²) in [6.07, 6.45) is 3.65. The van der Waals surface area contributed by atoms with Gasteiger partial charge in [-0.05, 0) is 36.5 Å². The van der Waals surface area contributed by atoms with Crippen molar-refractivity contribution in [1.29, 1.82) is 0 Å². The average molecular weight is 366 g/mol. The highest BCUT2D eigenvalue weighted by Gasteiger charge is 2.25. The van der Waals surface area contributed by atoms with E-state index in [1.54, 1.807) is 6.07 Å². The first-order chi connectivity index (χ1) is 9.06. The number of nitrogens with two attached hydrogens (primary N) is 1. The fraction of sp³-hybridized carbons (Fsp3) is 0.500. The molecule has 3 nitrogen and oxygen atoms in total. The molecule has 0 unspecified atom stereocenters. The molecule has 1 amide bonds. The van der Waals surface area contributed by atoms with E-state index < -0.39 is 0 Å². The van der Waals surface area contributed by atoms with E-state index in [1.807, 2.05) is 0 Å². The summed E-state index contributed by atoms with van der Waals surface area (Å²) in [5.41, 5.74) is 6.81.